The Kier molecular flexibility index (Phi) is 4.31. The second-order valence-electron chi connectivity index (χ2n) is 7.62. The third-order valence-corrected chi connectivity index (χ3v) is 6.85. The van der Waals surface area contributed by atoms with Gasteiger partial charge in [0.2, 0.25) is 6.10 Å². The molecule has 1 aromatic carbocycles. The van der Waals surface area contributed by atoms with Crippen molar-refractivity contribution in [2.75, 3.05) is 0 Å². The number of nitrogens with one attached hydrogen (secondary N) is 1. The summed E-state index contributed by atoms with van der Waals surface area (Å²) in [6, 6.07) is 1.56. The first-order valence-electron chi connectivity index (χ1n) is 8.85. The predicted molar refractivity (Wildman–Crippen MR) is 97.1 cm³/mol. The molecule has 1 N–H and O–H groups in total. The Bertz CT molecular complexity index is 906. The van der Waals surface area contributed by atoms with E-state index in [1.807, 2.05) is 12.2 Å². The third-order valence-electron chi connectivity index (χ3n) is 6.00. The quantitative estimate of drug-likeness (QED) is 0.470. The second kappa shape index (κ2) is 6.31. The van der Waals surface area contributed by atoms with Crippen LogP contribution in [0.4, 0.5) is 0 Å². The third kappa shape index (κ3) is 2.69. The van der Waals surface area contributed by atoms with Crippen molar-refractivity contribution in [2.45, 2.75) is 45.1 Å². The number of carbonyl (C=O) groups excluding carboxylic acids is 4. The van der Waals surface area contributed by atoms with Crippen LogP contribution in [-0.2, 0) is 20.8 Å². The molecule has 0 bridgehead atoms. The van der Waals surface area contributed by atoms with E-state index in [1.165, 1.54) is 0 Å². The highest BCUT2D eigenvalue weighted by Crippen LogP contribution is 2.52. The Morgan fingerprint density at radius 2 is 1.78 bits per heavy atom. The van der Waals surface area contributed by atoms with E-state index in [0.29, 0.717) is 17.5 Å². The van der Waals surface area contributed by atoms with Crippen LogP contribution in [0.3, 0.4) is 0 Å². The lowest BCUT2D eigenvalue weighted by molar-refractivity contribution is -0.138. The van der Waals surface area contributed by atoms with Crippen molar-refractivity contribution in [3.05, 3.63) is 27.2 Å². The van der Waals surface area contributed by atoms with Gasteiger partial charge in [0.05, 0.1) is 5.02 Å². The van der Waals surface area contributed by atoms with Crippen LogP contribution in [0.5, 0.6) is 5.75 Å². The molecule has 142 valence electrons. The van der Waals surface area contributed by atoms with Crippen LogP contribution in [0.15, 0.2) is 6.07 Å². The van der Waals surface area contributed by atoms with Crippen LogP contribution in [0, 0.1) is 11.3 Å². The molecular weight excluding hydrogens is 393 g/mol. The van der Waals surface area contributed by atoms with Gasteiger partial charge in [-0.2, -0.15) is 0 Å². The average molecular weight is 410 g/mol. The molecule has 6 nitrogen and oxygen atoms in total. The number of carbonyl (C=O) groups is 4. The molecule has 0 aromatic heterocycles. The van der Waals surface area contributed by atoms with E-state index in [1.54, 1.807) is 6.07 Å². The second-order valence-corrected chi connectivity index (χ2v) is 8.38. The summed E-state index contributed by atoms with van der Waals surface area (Å²) in [4.78, 5) is 48.0. The fourth-order valence-electron chi connectivity index (χ4n) is 4.49. The van der Waals surface area contributed by atoms with E-state index in [9.17, 15) is 19.2 Å². The molecule has 8 heteroatoms. The Labute approximate surface area is 165 Å². The molecule has 2 atom stereocenters. The van der Waals surface area contributed by atoms with Gasteiger partial charge in [-0.1, -0.05) is 43.0 Å². The fraction of sp³-hybridized carbons (Fsp3) is 0.474. The van der Waals surface area contributed by atoms with E-state index >= 15 is 0 Å². The Balaban J connectivity index is 1.70. The van der Waals surface area contributed by atoms with Crippen LogP contribution < -0.4 is 10.1 Å². The first-order valence-corrected chi connectivity index (χ1v) is 9.61. The highest BCUT2D eigenvalue weighted by molar-refractivity contribution is 6.50. The number of amides is 2. The summed E-state index contributed by atoms with van der Waals surface area (Å²) < 4.78 is 5.43. The number of halogens is 2. The summed E-state index contributed by atoms with van der Waals surface area (Å²) in [5, 5.41) is 1.92. The number of hydrogen-bond donors (Lipinski definition) is 1. The van der Waals surface area contributed by atoms with Gasteiger partial charge in [0.15, 0.2) is 5.78 Å². The van der Waals surface area contributed by atoms with Crippen LogP contribution in [0.25, 0.3) is 0 Å². The minimum atomic E-state index is -1.59. The minimum Gasteiger partial charge on any atom is -0.470 e. The maximum Gasteiger partial charge on any atom is 0.298 e. The van der Waals surface area contributed by atoms with E-state index in [0.717, 1.165) is 25.7 Å². The monoisotopic (exact) mass is 409 g/mol. The fourth-order valence-corrected chi connectivity index (χ4v) is 4.98. The first-order chi connectivity index (χ1) is 12.7. The maximum atomic E-state index is 13.1. The zero-order valence-electron chi connectivity index (χ0n) is 14.6. The van der Waals surface area contributed by atoms with Gasteiger partial charge in [0, 0.05) is 11.0 Å². The minimum absolute atomic E-state index is 0.0205. The number of hydrogen-bond acceptors (Lipinski definition) is 5. The number of fused-ring (bicyclic) bond motifs is 1. The summed E-state index contributed by atoms with van der Waals surface area (Å²) in [5.74, 6) is -2.56. The van der Waals surface area contributed by atoms with Crippen molar-refractivity contribution in [3.63, 3.8) is 0 Å². The molecule has 0 radical (unpaired) electrons. The van der Waals surface area contributed by atoms with Crippen LogP contribution in [0.1, 0.15) is 48.5 Å². The Morgan fingerprint density at radius 1 is 1.11 bits per heavy atom. The number of ketones is 2. The number of ether oxygens (including phenoxy) is 1. The van der Waals surface area contributed by atoms with Gasteiger partial charge in [-0.3, -0.25) is 24.5 Å². The molecule has 3 aliphatic rings. The SMILES string of the molecule is CC1(C2CCCC2)Cc2cc(OC3C(=O)NC(=O)C3=O)c(Cl)c(Cl)c2C1=O. The molecule has 4 rings (SSSR count). The van der Waals surface area contributed by atoms with Crippen molar-refractivity contribution < 1.29 is 23.9 Å². The van der Waals surface area contributed by atoms with E-state index in [4.69, 9.17) is 27.9 Å². The van der Waals surface area contributed by atoms with Crippen molar-refractivity contribution >= 4 is 46.6 Å². The predicted octanol–water partition coefficient (Wildman–Crippen LogP) is 2.90. The lowest BCUT2D eigenvalue weighted by atomic mass is 9.73. The summed E-state index contributed by atoms with van der Waals surface area (Å²) in [6.45, 7) is 1.96. The van der Waals surface area contributed by atoms with Gasteiger partial charge in [-0.15, -0.1) is 0 Å². The van der Waals surface area contributed by atoms with E-state index in [2.05, 4.69) is 0 Å². The van der Waals surface area contributed by atoms with E-state index < -0.39 is 29.1 Å². The van der Waals surface area contributed by atoms with Crippen LogP contribution in [-0.4, -0.2) is 29.5 Å². The summed E-state index contributed by atoms with van der Waals surface area (Å²) in [5.41, 5.74) is 0.540. The molecule has 27 heavy (non-hydrogen) atoms. The van der Waals surface area contributed by atoms with Gasteiger partial charge in [0.25, 0.3) is 17.6 Å². The lowest BCUT2D eigenvalue weighted by Crippen LogP contribution is -2.32. The number of rotatable bonds is 3. The molecule has 0 spiro atoms. The number of Topliss-reactive ketones (excluding diaryl/α,β-unsaturated/α-hetero) is 2. The van der Waals surface area contributed by atoms with Crippen LogP contribution in [0.2, 0.25) is 10.0 Å². The average Bonchev–Trinajstić information content (AvgIpc) is 3.29. The molecule has 2 fully saturated rings. The standard InChI is InChI=1S/C19H17Cl2NO5/c1-19(9-4-2-3-5-9)7-8-6-10(12(20)13(21)11(8)16(19)24)27-15-14(23)17(25)22-18(15)26/h6,9,15H,2-5,7H2,1H3,(H,22,25,26). The van der Waals surface area contributed by atoms with Gasteiger partial charge in [-0.05, 0) is 36.8 Å². The van der Waals surface area contributed by atoms with Gasteiger partial charge >= 0.3 is 0 Å². The van der Waals surface area contributed by atoms with Crippen molar-refractivity contribution in [2.24, 2.45) is 11.3 Å². The molecule has 1 aromatic rings. The Hall–Kier alpha value is -1.92. The molecule has 2 aliphatic carbocycles. The topological polar surface area (TPSA) is 89.5 Å². The molecule has 1 aliphatic heterocycles. The maximum absolute atomic E-state index is 13.1. The largest absolute Gasteiger partial charge is 0.470 e. The van der Waals surface area contributed by atoms with Crippen molar-refractivity contribution in [1.82, 2.24) is 5.32 Å². The zero-order valence-corrected chi connectivity index (χ0v) is 16.1. The number of imide groups is 1. The highest BCUT2D eigenvalue weighted by Gasteiger charge is 2.49. The van der Waals surface area contributed by atoms with Gasteiger partial charge in [0.1, 0.15) is 10.8 Å². The van der Waals surface area contributed by atoms with Crippen molar-refractivity contribution in [1.29, 1.82) is 0 Å². The summed E-state index contributed by atoms with van der Waals surface area (Å²) >= 11 is 12.6. The van der Waals surface area contributed by atoms with Gasteiger partial charge in [-0.25, -0.2) is 0 Å². The van der Waals surface area contributed by atoms with Crippen LogP contribution >= 0.6 is 23.2 Å². The van der Waals surface area contributed by atoms with E-state index in [-0.39, 0.29) is 27.5 Å². The molecule has 1 heterocycles. The Morgan fingerprint density at radius 3 is 2.37 bits per heavy atom. The normalized spacial score (nSPS) is 28.0. The smallest absolute Gasteiger partial charge is 0.298 e. The van der Waals surface area contributed by atoms with Crippen molar-refractivity contribution in [3.8, 4) is 5.75 Å². The summed E-state index contributed by atoms with van der Waals surface area (Å²) in [6.07, 6.45) is 3.14. The summed E-state index contributed by atoms with van der Waals surface area (Å²) in [7, 11) is 0. The zero-order chi connectivity index (χ0) is 19.5. The molecule has 2 unspecified atom stereocenters. The lowest BCUT2D eigenvalue weighted by Gasteiger charge is -2.29. The molecule has 1 saturated heterocycles. The molecule has 2 amide bonds. The molecular formula is C19H17Cl2NO5. The van der Waals surface area contributed by atoms with Gasteiger partial charge < -0.3 is 4.74 Å². The highest BCUT2D eigenvalue weighted by atomic mass is 35.5. The molecule has 1 saturated carbocycles. The number of benzene rings is 1. The first kappa shape index (κ1) is 18.4.